The third-order valence-electron chi connectivity index (χ3n) is 4.05. The van der Waals surface area contributed by atoms with Crippen LogP contribution < -0.4 is 5.32 Å². The van der Waals surface area contributed by atoms with Gasteiger partial charge in [-0.05, 0) is 24.2 Å². The zero-order chi connectivity index (χ0) is 13.1. The summed E-state index contributed by atoms with van der Waals surface area (Å²) < 4.78 is 0. The van der Waals surface area contributed by atoms with Gasteiger partial charge in [0.25, 0.3) is 0 Å². The van der Waals surface area contributed by atoms with Crippen LogP contribution in [0.3, 0.4) is 0 Å². The molecule has 3 atom stereocenters. The molecule has 1 fully saturated rings. The highest BCUT2D eigenvalue weighted by Gasteiger charge is 2.27. The molecule has 0 spiro atoms. The minimum Gasteiger partial charge on any atom is -0.391 e. The molecule has 1 rings (SSSR count). The average Bonchev–Trinajstić information content (AvgIpc) is 2.20. The lowest BCUT2D eigenvalue weighted by Crippen LogP contribution is -2.45. The third-order valence-corrected chi connectivity index (χ3v) is 4.05. The zero-order valence-corrected chi connectivity index (χ0v) is 11.6. The van der Waals surface area contributed by atoms with Crippen molar-refractivity contribution in [2.24, 2.45) is 11.3 Å². The van der Waals surface area contributed by atoms with Gasteiger partial charge in [0.2, 0.25) is 5.91 Å². The van der Waals surface area contributed by atoms with Crippen molar-refractivity contribution in [3.8, 4) is 0 Å². The number of aliphatic hydroxyl groups excluding tert-OH is 1. The lowest BCUT2D eigenvalue weighted by Gasteiger charge is -2.30. The Morgan fingerprint density at radius 1 is 1.35 bits per heavy atom. The number of hydrogen-bond donors (Lipinski definition) is 2. The standard InChI is InChI=1S/C14H27NO2/c1-10(14(2,3)4)9-13(17)15-11-7-5-6-8-12(11)16/h10-12,16H,5-9H2,1-4H3,(H,15,17)/t10?,11-,12-/m1/s1. The Balaban J connectivity index is 2.38. The summed E-state index contributed by atoms with van der Waals surface area (Å²) in [6.45, 7) is 8.57. The van der Waals surface area contributed by atoms with Crippen LogP contribution >= 0.6 is 0 Å². The van der Waals surface area contributed by atoms with Crippen LogP contribution in [-0.2, 0) is 4.79 Å². The highest BCUT2D eigenvalue weighted by atomic mass is 16.3. The highest BCUT2D eigenvalue weighted by molar-refractivity contribution is 5.76. The molecule has 1 unspecified atom stereocenters. The summed E-state index contributed by atoms with van der Waals surface area (Å²) in [6.07, 6.45) is 4.11. The van der Waals surface area contributed by atoms with Crippen molar-refractivity contribution in [3.63, 3.8) is 0 Å². The van der Waals surface area contributed by atoms with E-state index in [4.69, 9.17) is 0 Å². The lowest BCUT2D eigenvalue weighted by molar-refractivity contribution is -0.124. The Kier molecular flexibility index (Phi) is 4.99. The van der Waals surface area contributed by atoms with E-state index in [1.165, 1.54) is 0 Å². The van der Waals surface area contributed by atoms with E-state index in [2.05, 4.69) is 33.0 Å². The Labute approximate surface area is 105 Å². The molecule has 0 aliphatic heterocycles. The van der Waals surface area contributed by atoms with Crippen molar-refractivity contribution in [2.45, 2.75) is 71.9 Å². The molecule has 1 amide bonds. The number of rotatable bonds is 3. The molecule has 0 saturated heterocycles. The summed E-state index contributed by atoms with van der Waals surface area (Å²) >= 11 is 0. The van der Waals surface area contributed by atoms with E-state index in [0.29, 0.717) is 12.3 Å². The van der Waals surface area contributed by atoms with Crippen molar-refractivity contribution < 1.29 is 9.90 Å². The number of carbonyl (C=O) groups excluding carboxylic acids is 1. The van der Waals surface area contributed by atoms with Crippen LogP contribution in [0, 0.1) is 11.3 Å². The van der Waals surface area contributed by atoms with E-state index < -0.39 is 0 Å². The fourth-order valence-corrected chi connectivity index (χ4v) is 2.13. The Morgan fingerprint density at radius 3 is 2.47 bits per heavy atom. The molecule has 1 aliphatic rings. The summed E-state index contributed by atoms with van der Waals surface area (Å²) in [5, 5.41) is 12.8. The van der Waals surface area contributed by atoms with Crippen LogP contribution in [0.2, 0.25) is 0 Å². The molecule has 0 bridgehead atoms. The van der Waals surface area contributed by atoms with E-state index in [1.807, 2.05) is 0 Å². The van der Waals surface area contributed by atoms with Gasteiger partial charge in [-0.15, -0.1) is 0 Å². The molecule has 17 heavy (non-hydrogen) atoms. The van der Waals surface area contributed by atoms with Crippen molar-refractivity contribution in [1.29, 1.82) is 0 Å². The van der Waals surface area contributed by atoms with Gasteiger partial charge in [-0.25, -0.2) is 0 Å². The summed E-state index contributed by atoms with van der Waals surface area (Å²) in [4.78, 5) is 11.9. The summed E-state index contributed by atoms with van der Waals surface area (Å²) in [5.74, 6) is 0.432. The first-order valence-corrected chi connectivity index (χ1v) is 6.78. The van der Waals surface area contributed by atoms with E-state index >= 15 is 0 Å². The maximum Gasteiger partial charge on any atom is 0.220 e. The normalized spacial score (nSPS) is 27.6. The smallest absolute Gasteiger partial charge is 0.220 e. The maximum absolute atomic E-state index is 11.9. The Morgan fingerprint density at radius 2 is 1.94 bits per heavy atom. The molecule has 0 aromatic carbocycles. The van der Waals surface area contributed by atoms with Gasteiger partial charge < -0.3 is 10.4 Å². The minimum atomic E-state index is -0.349. The third kappa shape index (κ3) is 4.66. The summed E-state index contributed by atoms with van der Waals surface area (Å²) in [5.41, 5.74) is 0.155. The molecule has 100 valence electrons. The van der Waals surface area contributed by atoms with E-state index in [0.717, 1.165) is 25.7 Å². The molecule has 0 aromatic rings. The van der Waals surface area contributed by atoms with E-state index in [1.54, 1.807) is 0 Å². The van der Waals surface area contributed by atoms with Crippen molar-refractivity contribution in [3.05, 3.63) is 0 Å². The van der Waals surface area contributed by atoms with Crippen molar-refractivity contribution in [1.82, 2.24) is 5.32 Å². The molecular formula is C14H27NO2. The molecule has 1 saturated carbocycles. The quantitative estimate of drug-likeness (QED) is 0.797. The topological polar surface area (TPSA) is 49.3 Å². The summed E-state index contributed by atoms with van der Waals surface area (Å²) in [7, 11) is 0. The van der Waals surface area contributed by atoms with Crippen molar-refractivity contribution in [2.75, 3.05) is 0 Å². The Bertz CT molecular complexity index is 257. The second-order valence-corrected chi connectivity index (χ2v) is 6.50. The largest absolute Gasteiger partial charge is 0.391 e. The van der Waals surface area contributed by atoms with Gasteiger partial charge in [-0.1, -0.05) is 40.5 Å². The van der Waals surface area contributed by atoms with Crippen LogP contribution in [0.1, 0.15) is 59.8 Å². The minimum absolute atomic E-state index is 0.0246. The van der Waals surface area contributed by atoms with Gasteiger partial charge >= 0.3 is 0 Å². The van der Waals surface area contributed by atoms with Crippen LogP contribution in [0.5, 0.6) is 0 Å². The molecule has 0 heterocycles. The SMILES string of the molecule is CC(CC(=O)N[C@@H]1CCCC[C@H]1O)C(C)(C)C. The average molecular weight is 241 g/mol. The van der Waals surface area contributed by atoms with Gasteiger partial charge in [0.05, 0.1) is 12.1 Å². The molecule has 3 nitrogen and oxygen atoms in total. The second-order valence-electron chi connectivity index (χ2n) is 6.50. The van der Waals surface area contributed by atoms with Crippen LogP contribution in [0.15, 0.2) is 0 Å². The predicted molar refractivity (Wildman–Crippen MR) is 69.6 cm³/mol. The monoisotopic (exact) mass is 241 g/mol. The van der Waals surface area contributed by atoms with Gasteiger partial charge in [0, 0.05) is 6.42 Å². The number of hydrogen-bond acceptors (Lipinski definition) is 2. The number of aliphatic hydroxyl groups is 1. The fourth-order valence-electron chi connectivity index (χ4n) is 2.13. The van der Waals surface area contributed by atoms with Crippen LogP contribution in [0.25, 0.3) is 0 Å². The first-order chi connectivity index (χ1) is 7.80. The molecule has 1 aliphatic carbocycles. The second kappa shape index (κ2) is 5.85. The maximum atomic E-state index is 11.9. The fraction of sp³-hybridized carbons (Fsp3) is 0.929. The first kappa shape index (κ1) is 14.5. The zero-order valence-electron chi connectivity index (χ0n) is 11.6. The van der Waals surface area contributed by atoms with Crippen molar-refractivity contribution >= 4 is 5.91 Å². The molecular weight excluding hydrogens is 214 g/mol. The van der Waals surface area contributed by atoms with Gasteiger partial charge in [-0.3, -0.25) is 4.79 Å². The van der Waals surface area contributed by atoms with Gasteiger partial charge in [0.15, 0.2) is 0 Å². The first-order valence-electron chi connectivity index (χ1n) is 6.78. The van der Waals surface area contributed by atoms with Gasteiger partial charge in [-0.2, -0.15) is 0 Å². The number of amides is 1. The number of nitrogens with one attached hydrogen (secondary N) is 1. The highest BCUT2D eigenvalue weighted by Crippen LogP contribution is 2.28. The summed E-state index contributed by atoms with van der Waals surface area (Å²) in [6, 6.07) is -0.0246. The molecule has 0 radical (unpaired) electrons. The van der Waals surface area contributed by atoms with Crippen LogP contribution in [-0.4, -0.2) is 23.2 Å². The lowest BCUT2D eigenvalue weighted by atomic mass is 9.80. The predicted octanol–water partition coefficient (Wildman–Crippen LogP) is 2.48. The Hall–Kier alpha value is -0.570. The van der Waals surface area contributed by atoms with E-state index in [-0.39, 0.29) is 23.5 Å². The van der Waals surface area contributed by atoms with Crippen LogP contribution in [0.4, 0.5) is 0 Å². The molecule has 2 N–H and O–H groups in total. The molecule has 3 heteroatoms. The molecule has 0 aromatic heterocycles. The van der Waals surface area contributed by atoms with Gasteiger partial charge in [0.1, 0.15) is 0 Å². The number of carbonyl (C=O) groups is 1. The van der Waals surface area contributed by atoms with E-state index in [9.17, 15) is 9.90 Å².